The molecule has 5 heteroatoms. The predicted octanol–water partition coefficient (Wildman–Crippen LogP) is 2.37. The van der Waals surface area contributed by atoms with E-state index in [4.69, 9.17) is 0 Å². The minimum atomic E-state index is 0.730. The van der Waals surface area contributed by atoms with Gasteiger partial charge in [-0.1, -0.05) is 0 Å². The summed E-state index contributed by atoms with van der Waals surface area (Å²) < 4.78 is 0. The Hall–Kier alpha value is -1.75. The zero-order chi connectivity index (χ0) is 10.8. The van der Waals surface area contributed by atoms with E-state index in [0.717, 1.165) is 30.2 Å². The molecule has 3 heterocycles. The monoisotopic (exact) mass is 230 g/mol. The Morgan fingerprint density at radius 3 is 3.38 bits per heavy atom. The second kappa shape index (κ2) is 4.02. The molecule has 0 aliphatic carbocycles. The Kier molecular flexibility index (Phi) is 2.38. The van der Waals surface area contributed by atoms with Crippen molar-refractivity contribution in [3.63, 3.8) is 0 Å². The molecule has 0 aromatic carbocycles. The number of rotatable bonds is 2. The van der Waals surface area contributed by atoms with Gasteiger partial charge >= 0.3 is 0 Å². The van der Waals surface area contributed by atoms with Crippen LogP contribution in [-0.4, -0.2) is 21.9 Å². The number of imidazole rings is 1. The molecule has 0 atom stereocenters. The van der Waals surface area contributed by atoms with Crippen molar-refractivity contribution in [2.24, 2.45) is 9.98 Å². The molecule has 4 nitrogen and oxygen atoms in total. The number of aliphatic imine (C=N–C) groups is 2. The molecule has 1 aliphatic rings. The number of nitrogens with zero attached hydrogens (tertiary/aromatic N) is 3. The lowest BCUT2D eigenvalue weighted by atomic mass is 10.2. The van der Waals surface area contributed by atoms with Gasteiger partial charge in [0.2, 0.25) is 0 Å². The second-order valence-corrected chi connectivity index (χ2v) is 4.36. The summed E-state index contributed by atoms with van der Waals surface area (Å²) in [5.74, 6) is 0.787. The van der Waals surface area contributed by atoms with Crippen LogP contribution in [0, 0.1) is 0 Å². The van der Waals surface area contributed by atoms with Gasteiger partial charge in [-0.15, -0.1) is 0 Å². The molecule has 2 aromatic rings. The molecule has 0 saturated heterocycles. The van der Waals surface area contributed by atoms with Gasteiger partial charge in [-0.25, -0.2) is 9.98 Å². The fraction of sp³-hybridized carbons (Fsp3) is 0.182. The van der Waals surface area contributed by atoms with Crippen LogP contribution in [0.15, 0.2) is 33.1 Å². The molecule has 0 saturated carbocycles. The molecule has 1 aliphatic heterocycles. The van der Waals surface area contributed by atoms with E-state index in [-0.39, 0.29) is 0 Å². The Labute approximate surface area is 96.8 Å². The molecule has 0 spiro atoms. The van der Waals surface area contributed by atoms with Crippen molar-refractivity contribution >= 4 is 29.1 Å². The van der Waals surface area contributed by atoms with Crippen LogP contribution in [0.4, 0.5) is 5.82 Å². The lowest BCUT2D eigenvalue weighted by Crippen LogP contribution is -2.09. The summed E-state index contributed by atoms with van der Waals surface area (Å²) in [6, 6.07) is 2.09. The SMILES string of the molecule is C1=Nc2nc[nH]c2CC1=NCc1ccsc1. The summed E-state index contributed by atoms with van der Waals surface area (Å²) in [6.07, 6.45) is 4.27. The molecule has 80 valence electrons. The number of thiophene rings is 1. The summed E-state index contributed by atoms with van der Waals surface area (Å²) in [7, 11) is 0. The van der Waals surface area contributed by atoms with Gasteiger partial charge in [0.05, 0.1) is 30.5 Å². The normalized spacial score (nSPS) is 16.6. The van der Waals surface area contributed by atoms with Crippen LogP contribution >= 0.6 is 11.3 Å². The van der Waals surface area contributed by atoms with E-state index in [0.29, 0.717) is 0 Å². The molecule has 3 rings (SSSR count). The predicted molar refractivity (Wildman–Crippen MR) is 65.9 cm³/mol. The molecule has 0 fully saturated rings. The largest absolute Gasteiger partial charge is 0.346 e. The van der Waals surface area contributed by atoms with Crippen LogP contribution in [0.3, 0.4) is 0 Å². The first-order valence-corrected chi connectivity index (χ1v) is 5.97. The fourth-order valence-electron chi connectivity index (χ4n) is 1.59. The lowest BCUT2D eigenvalue weighted by molar-refractivity contribution is 1.06. The van der Waals surface area contributed by atoms with E-state index in [1.165, 1.54) is 5.56 Å². The first-order chi connectivity index (χ1) is 7.92. The molecule has 1 N–H and O–H groups in total. The zero-order valence-corrected chi connectivity index (χ0v) is 9.37. The lowest BCUT2D eigenvalue weighted by Gasteiger charge is -2.05. The number of aromatic nitrogens is 2. The highest BCUT2D eigenvalue weighted by atomic mass is 32.1. The molecule has 0 amide bonds. The standard InChI is InChI=1S/C11H10N4S/c1-2-16-6-8(1)4-12-9-3-10-11(13-5-9)15-7-14-10/h1-2,5-7H,3-4H2,(H,14,15). The molecule has 2 aromatic heterocycles. The van der Waals surface area contributed by atoms with Gasteiger partial charge in [0.25, 0.3) is 0 Å². The number of hydrogen-bond acceptors (Lipinski definition) is 4. The van der Waals surface area contributed by atoms with Crippen molar-refractivity contribution in [1.29, 1.82) is 0 Å². The minimum absolute atomic E-state index is 0.730. The Balaban J connectivity index is 1.76. The molecule has 0 unspecified atom stereocenters. The number of hydrogen-bond donors (Lipinski definition) is 1. The van der Waals surface area contributed by atoms with Gasteiger partial charge in [-0.3, -0.25) is 4.99 Å². The number of H-pyrrole nitrogens is 1. The summed E-state index contributed by atoms with van der Waals surface area (Å²) in [4.78, 5) is 15.9. The summed E-state index contributed by atoms with van der Waals surface area (Å²) in [5.41, 5.74) is 3.30. The molecule has 16 heavy (non-hydrogen) atoms. The third-order valence-corrected chi connectivity index (χ3v) is 3.17. The van der Waals surface area contributed by atoms with Gasteiger partial charge in [0.1, 0.15) is 0 Å². The zero-order valence-electron chi connectivity index (χ0n) is 8.55. The van der Waals surface area contributed by atoms with E-state index in [2.05, 4.69) is 36.8 Å². The van der Waals surface area contributed by atoms with E-state index >= 15 is 0 Å². The quantitative estimate of drug-likeness (QED) is 0.846. The number of fused-ring (bicyclic) bond motifs is 1. The highest BCUT2D eigenvalue weighted by Gasteiger charge is 2.11. The number of nitrogens with one attached hydrogen (secondary N) is 1. The van der Waals surface area contributed by atoms with Gasteiger partial charge in [-0.2, -0.15) is 11.3 Å². The van der Waals surface area contributed by atoms with Crippen molar-refractivity contribution in [2.75, 3.05) is 0 Å². The second-order valence-electron chi connectivity index (χ2n) is 3.58. The summed E-state index contributed by atoms with van der Waals surface area (Å²) in [5, 5.41) is 4.18. The van der Waals surface area contributed by atoms with Gasteiger partial charge < -0.3 is 4.98 Å². The van der Waals surface area contributed by atoms with Crippen LogP contribution in [0.5, 0.6) is 0 Å². The Morgan fingerprint density at radius 1 is 1.50 bits per heavy atom. The van der Waals surface area contributed by atoms with Crippen molar-refractivity contribution in [2.45, 2.75) is 13.0 Å². The fourth-order valence-corrected chi connectivity index (χ4v) is 2.25. The highest BCUT2D eigenvalue weighted by molar-refractivity contribution is 7.07. The van der Waals surface area contributed by atoms with E-state index in [1.54, 1.807) is 23.9 Å². The van der Waals surface area contributed by atoms with E-state index < -0.39 is 0 Å². The van der Waals surface area contributed by atoms with Crippen LogP contribution in [0.2, 0.25) is 0 Å². The first kappa shape index (κ1) is 9.47. The van der Waals surface area contributed by atoms with Gasteiger partial charge in [-0.05, 0) is 22.4 Å². The van der Waals surface area contributed by atoms with Crippen LogP contribution in [-0.2, 0) is 13.0 Å². The van der Waals surface area contributed by atoms with Crippen LogP contribution < -0.4 is 0 Å². The maximum atomic E-state index is 4.53. The molecule has 0 bridgehead atoms. The van der Waals surface area contributed by atoms with E-state index in [1.807, 2.05) is 0 Å². The van der Waals surface area contributed by atoms with Crippen molar-refractivity contribution in [3.05, 3.63) is 34.4 Å². The maximum Gasteiger partial charge on any atom is 0.173 e. The van der Waals surface area contributed by atoms with Crippen molar-refractivity contribution < 1.29 is 0 Å². The van der Waals surface area contributed by atoms with Crippen LogP contribution in [0.25, 0.3) is 0 Å². The molecular formula is C11H10N4S. The third kappa shape index (κ3) is 1.81. The van der Waals surface area contributed by atoms with Gasteiger partial charge in [0.15, 0.2) is 5.82 Å². The Bertz CT molecular complexity index is 536. The molecule has 0 radical (unpaired) electrons. The van der Waals surface area contributed by atoms with Crippen molar-refractivity contribution in [3.8, 4) is 0 Å². The average Bonchev–Trinajstić information content (AvgIpc) is 2.97. The van der Waals surface area contributed by atoms with Crippen LogP contribution in [0.1, 0.15) is 11.3 Å². The average molecular weight is 230 g/mol. The summed E-state index contributed by atoms with van der Waals surface area (Å²) >= 11 is 1.70. The van der Waals surface area contributed by atoms with Crippen molar-refractivity contribution in [1.82, 2.24) is 9.97 Å². The smallest absolute Gasteiger partial charge is 0.173 e. The number of aromatic amines is 1. The van der Waals surface area contributed by atoms with E-state index in [9.17, 15) is 0 Å². The van der Waals surface area contributed by atoms with Gasteiger partial charge in [0, 0.05) is 6.42 Å². The third-order valence-electron chi connectivity index (χ3n) is 2.43. The summed E-state index contributed by atoms with van der Waals surface area (Å²) in [6.45, 7) is 0.730. The Morgan fingerprint density at radius 2 is 2.50 bits per heavy atom. The topological polar surface area (TPSA) is 53.4 Å². The minimum Gasteiger partial charge on any atom is -0.346 e. The molecular weight excluding hydrogens is 220 g/mol. The maximum absolute atomic E-state index is 4.53. The first-order valence-electron chi connectivity index (χ1n) is 5.02. The highest BCUT2D eigenvalue weighted by Crippen LogP contribution is 2.18.